The standard InChI is InChI=1S/C24H50N3O2/c1-21(2)11-18-28-23(5,6)12-13-25-14-16-26(17-15-25)27(9,10)20-29-24(7,8)19-22(3)4/h22H,1,11-20H2,2-10H3/q+1. The Morgan fingerprint density at radius 3 is 2.10 bits per heavy atom. The van der Waals surface area contributed by atoms with Crippen molar-refractivity contribution in [2.24, 2.45) is 5.92 Å². The van der Waals surface area contributed by atoms with E-state index in [0.717, 1.165) is 69.9 Å². The Morgan fingerprint density at radius 1 is 1.00 bits per heavy atom. The highest BCUT2D eigenvalue weighted by Gasteiger charge is 2.33. The first-order valence-corrected chi connectivity index (χ1v) is 11.5. The van der Waals surface area contributed by atoms with Gasteiger partial charge in [0.05, 0.1) is 45.0 Å². The van der Waals surface area contributed by atoms with Crippen LogP contribution in [-0.2, 0) is 9.47 Å². The van der Waals surface area contributed by atoms with E-state index >= 15 is 0 Å². The number of nitrogens with zero attached hydrogens (tertiary/aromatic N) is 3. The Morgan fingerprint density at radius 2 is 1.59 bits per heavy atom. The summed E-state index contributed by atoms with van der Waals surface area (Å²) in [6.07, 6.45) is 3.10. The van der Waals surface area contributed by atoms with Crippen molar-refractivity contribution in [3.05, 3.63) is 12.2 Å². The molecule has 0 atom stereocenters. The van der Waals surface area contributed by atoms with Crippen LogP contribution in [0.5, 0.6) is 0 Å². The molecule has 0 aromatic carbocycles. The largest absolute Gasteiger partial charge is 0.375 e. The Bertz CT molecular complexity index is 492. The molecule has 0 saturated carbocycles. The van der Waals surface area contributed by atoms with Gasteiger partial charge in [-0.25, -0.2) is 4.59 Å². The van der Waals surface area contributed by atoms with Crippen molar-refractivity contribution in [1.82, 2.24) is 9.91 Å². The van der Waals surface area contributed by atoms with Crippen molar-refractivity contribution < 1.29 is 14.1 Å². The highest BCUT2D eigenvalue weighted by atomic mass is 16.5. The number of piperazine rings is 1. The summed E-state index contributed by atoms with van der Waals surface area (Å²) in [5, 5.41) is 2.54. The maximum absolute atomic E-state index is 6.33. The lowest BCUT2D eigenvalue weighted by Crippen LogP contribution is -2.62. The van der Waals surface area contributed by atoms with Gasteiger partial charge in [0.1, 0.15) is 0 Å². The van der Waals surface area contributed by atoms with E-state index in [1.54, 1.807) is 0 Å². The van der Waals surface area contributed by atoms with Gasteiger partial charge in [-0.1, -0.05) is 19.4 Å². The summed E-state index contributed by atoms with van der Waals surface area (Å²) in [6, 6.07) is 0. The van der Waals surface area contributed by atoms with Gasteiger partial charge in [-0.2, -0.15) is 5.01 Å². The number of quaternary nitrogens is 1. The molecule has 0 N–H and O–H groups in total. The molecule has 0 radical (unpaired) electrons. The molecule has 1 heterocycles. The summed E-state index contributed by atoms with van der Waals surface area (Å²) >= 11 is 0. The average molecular weight is 413 g/mol. The van der Waals surface area contributed by atoms with Gasteiger partial charge in [-0.3, -0.25) is 0 Å². The lowest BCUT2D eigenvalue weighted by atomic mass is 9.96. The number of hydrogen-bond donors (Lipinski definition) is 0. The fourth-order valence-corrected chi connectivity index (χ4v) is 3.96. The number of ether oxygens (including phenoxy) is 2. The Balaban J connectivity index is 2.38. The molecular weight excluding hydrogens is 362 g/mol. The van der Waals surface area contributed by atoms with Crippen molar-refractivity contribution in [2.45, 2.75) is 78.9 Å². The first-order valence-electron chi connectivity index (χ1n) is 11.5. The van der Waals surface area contributed by atoms with Crippen molar-refractivity contribution in [3.8, 4) is 0 Å². The molecule has 0 spiro atoms. The maximum Gasteiger partial charge on any atom is 0.201 e. The molecule has 1 rings (SSSR count). The third-order valence-electron chi connectivity index (χ3n) is 5.84. The maximum atomic E-state index is 6.33. The SMILES string of the molecule is C=C(C)CCOC(C)(C)CCN1CCN([N+](C)(C)COC(C)(C)CC(C)C)CC1. The zero-order valence-electron chi connectivity index (χ0n) is 21.0. The van der Waals surface area contributed by atoms with Gasteiger partial charge in [0.25, 0.3) is 0 Å². The predicted octanol–water partition coefficient (Wildman–Crippen LogP) is 4.55. The average Bonchev–Trinajstić information content (AvgIpc) is 2.57. The van der Waals surface area contributed by atoms with Crippen LogP contribution in [0.15, 0.2) is 12.2 Å². The quantitative estimate of drug-likeness (QED) is 0.252. The minimum Gasteiger partial charge on any atom is -0.375 e. The molecule has 172 valence electrons. The van der Waals surface area contributed by atoms with Gasteiger partial charge >= 0.3 is 0 Å². The van der Waals surface area contributed by atoms with Crippen LogP contribution in [0.3, 0.4) is 0 Å². The normalized spacial score (nSPS) is 17.9. The van der Waals surface area contributed by atoms with Crippen LogP contribution < -0.4 is 0 Å². The molecule has 1 aliphatic rings. The van der Waals surface area contributed by atoms with Crippen molar-refractivity contribution >= 4 is 0 Å². The second kappa shape index (κ2) is 11.2. The Hall–Kier alpha value is -0.460. The van der Waals surface area contributed by atoms with Gasteiger partial charge < -0.3 is 14.4 Å². The lowest BCUT2D eigenvalue weighted by Gasteiger charge is -2.45. The van der Waals surface area contributed by atoms with Crippen LogP contribution in [0.1, 0.15) is 67.7 Å². The van der Waals surface area contributed by atoms with Gasteiger partial charge in [0.15, 0.2) is 0 Å². The van der Waals surface area contributed by atoms with Crippen LogP contribution in [0.2, 0.25) is 0 Å². The summed E-state index contributed by atoms with van der Waals surface area (Å²) in [5.74, 6) is 0.651. The third kappa shape index (κ3) is 10.9. The molecule has 0 bridgehead atoms. The summed E-state index contributed by atoms with van der Waals surface area (Å²) in [4.78, 5) is 2.57. The van der Waals surface area contributed by atoms with Gasteiger partial charge in [-0.05, 0) is 59.8 Å². The molecule has 0 aliphatic carbocycles. The summed E-state index contributed by atoms with van der Waals surface area (Å²) < 4.78 is 13.2. The van der Waals surface area contributed by atoms with E-state index in [1.165, 1.54) is 5.57 Å². The van der Waals surface area contributed by atoms with E-state index in [0.29, 0.717) is 5.92 Å². The first kappa shape index (κ1) is 26.6. The van der Waals surface area contributed by atoms with Crippen LogP contribution in [0.4, 0.5) is 0 Å². The van der Waals surface area contributed by atoms with Crippen molar-refractivity contribution in [3.63, 3.8) is 0 Å². The summed E-state index contributed by atoms with van der Waals surface area (Å²) in [5.41, 5.74) is 1.05. The fraction of sp³-hybridized carbons (Fsp3) is 0.917. The summed E-state index contributed by atoms with van der Waals surface area (Å²) in [7, 11) is 4.53. The van der Waals surface area contributed by atoms with Crippen LogP contribution in [0.25, 0.3) is 0 Å². The Labute approximate surface area is 181 Å². The zero-order chi connectivity index (χ0) is 22.3. The zero-order valence-corrected chi connectivity index (χ0v) is 21.0. The van der Waals surface area contributed by atoms with E-state index in [2.05, 4.69) is 79.0 Å². The predicted molar refractivity (Wildman–Crippen MR) is 124 cm³/mol. The van der Waals surface area contributed by atoms with Gasteiger partial charge in [-0.15, -0.1) is 6.58 Å². The summed E-state index contributed by atoms with van der Waals surface area (Å²) in [6.45, 7) is 26.4. The minimum absolute atomic E-state index is 0.0682. The fourth-order valence-electron chi connectivity index (χ4n) is 3.96. The lowest BCUT2D eigenvalue weighted by molar-refractivity contribution is -1.02. The molecule has 0 aromatic heterocycles. The molecule has 5 nitrogen and oxygen atoms in total. The monoisotopic (exact) mass is 412 g/mol. The third-order valence-corrected chi connectivity index (χ3v) is 5.84. The molecule has 1 aliphatic heterocycles. The molecule has 1 fully saturated rings. The molecule has 1 saturated heterocycles. The second-order valence-electron chi connectivity index (χ2n) is 11.1. The molecular formula is C24H50N3O2+. The first-order chi connectivity index (χ1) is 13.2. The van der Waals surface area contributed by atoms with E-state index in [9.17, 15) is 0 Å². The van der Waals surface area contributed by atoms with Crippen LogP contribution >= 0.6 is 0 Å². The smallest absolute Gasteiger partial charge is 0.201 e. The molecule has 5 heteroatoms. The number of hydrogen-bond acceptors (Lipinski definition) is 4. The molecule has 0 aromatic rings. The molecule has 29 heavy (non-hydrogen) atoms. The Kier molecular flexibility index (Phi) is 10.3. The van der Waals surface area contributed by atoms with Crippen LogP contribution in [-0.4, -0.2) is 85.9 Å². The number of rotatable bonds is 13. The second-order valence-corrected chi connectivity index (χ2v) is 11.1. The van der Waals surface area contributed by atoms with E-state index in [4.69, 9.17) is 9.47 Å². The van der Waals surface area contributed by atoms with Crippen molar-refractivity contribution in [2.75, 3.05) is 60.2 Å². The molecule has 0 amide bonds. The molecule has 0 unspecified atom stereocenters. The van der Waals surface area contributed by atoms with Gasteiger partial charge in [0, 0.05) is 19.6 Å². The van der Waals surface area contributed by atoms with Crippen molar-refractivity contribution in [1.29, 1.82) is 0 Å². The van der Waals surface area contributed by atoms with Crippen LogP contribution in [0, 0.1) is 5.92 Å². The van der Waals surface area contributed by atoms with E-state index in [-0.39, 0.29) is 11.2 Å². The van der Waals surface area contributed by atoms with E-state index in [1.807, 2.05) is 0 Å². The topological polar surface area (TPSA) is 24.9 Å². The van der Waals surface area contributed by atoms with Gasteiger partial charge in [0.2, 0.25) is 6.73 Å². The van der Waals surface area contributed by atoms with E-state index < -0.39 is 0 Å². The highest BCUT2D eigenvalue weighted by molar-refractivity contribution is 4.87. The highest BCUT2D eigenvalue weighted by Crippen LogP contribution is 2.23. The minimum atomic E-state index is -0.0717.